The van der Waals surface area contributed by atoms with Crippen molar-refractivity contribution in [1.29, 1.82) is 0 Å². The molecular formula is C18H15F3N4O2. The molecule has 0 saturated heterocycles. The molecule has 0 aliphatic rings. The molecule has 9 heteroatoms. The second-order valence-corrected chi connectivity index (χ2v) is 5.89. The molecule has 3 N–H and O–H groups in total. The normalized spacial score (nSPS) is 12.0. The predicted octanol–water partition coefficient (Wildman–Crippen LogP) is 3.41. The number of aryl methyl sites for hydroxylation is 1. The van der Waals surface area contributed by atoms with Crippen molar-refractivity contribution in [2.24, 2.45) is 5.73 Å². The zero-order valence-corrected chi connectivity index (χ0v) is 14.2. The summed E-state index contributed by atoms with van der Waals surface area (Å²) in [5.41, 5.74) is 6.89. The minimum Gasteiger partial charge on any atom is -0.352 e. The highest BCUT2D eigenvalue weighted by atomic mass is 19.2. The SMILES string of the molecule is Cc1ccccc1[C@H](Cc1nc(-c2cc(F)c(F)c(F)c2)no1)NC(N)=O. The number of nitrogens with two attached hydrogens (primary N) is 1. The summed E-state index contributed by atoms with van der Waals surface area (Å²) in [6.07, 6.45) is 0.104. The van der Waals surface area contributed by atoms with Crippen LogP contribution in [0.4, 0.5) is 18.0 Å². The molecule has 1 heterocycles. The Balaban J connectivity index is 1.88. The van der Waals surface area contributed by atoms with E-state index in [1.807, 2.05) is 25.1 Å². The van der Waals surface area contributed by atoms with Gasteiger partial charge in [-0.3, -0.25) is 0 Å². The zero-order valence-electron chi connectivity index (χ0n) is 14.2. The first kappa shape index (κ1) is 18.4. The Bertz CT molecular complexity index is 967. The van der Waals surface area contributed by atoms with Crippen LogP contribution in [0.25, 0.3) is 11.4 Å². The number of hydrogen-bond donors (Lipinski definition) is 2. The van der Waals surface area contributed by atoms with Crippen molar-refractivity contribution in [3.8, 4) is 11.4 Å². The van der Waals surface area contributed by atoms with Gasteiger partial charge in [0.25, 0.3) is 0 Å². The molecule has 2 aromatic carbocycles. The largest absolute Gasteiger partial charge is 0.352 e. The van der Waals surface area contributed by atoms with Crippen molar-refractivity contribution in [1.82, 2.24) is 15.5 Å². The summed E-state index contributed by atoms with van der Waals surface area (Å²) in [6, 6.07) is 7.61. The van der Waals surface area contributed by atoms with Gasteiger partial charge < -0.3 is 15.6 Å². The number of aromatic nitrogens is 2. The summed E-state index contributed by atoms with van der Waals surface area (Å²) in [5.74, 6) is -4.29. The Hall–Kier alpha value is -3.36. The van der Waals surface area contributed by atoms with Gasteiger partial charge in [0.15, 0.2) is 17.5 Å². The van der Waals surface area contributed by atoms with Crippen LogP contribution in [0.1, 0.15) is 23.1 Å². The molecule has 27 heavy (non-hydrogen) atoms. The number of carbonyl (C=O) groups excluding carboxylic acids is 1. The van der Waals surface area contributed by atoms with Gasteiger partial charge in [-0.2, -0.15) is 4.98 Å². The molecule has 0 spiro atoms. The zero-order chi connectivity index (χ0) is 19.6. The van der Waals surface area contributed by atoms with E-state index >= 15 is 0 Å². The van der Waals surface area contributed by atoms with Crippen molar-refractivity contribution in [3.63, 3.8) is 0 Å². The summed E-state index contributed by atoms with van der Waals surface area (Å²) in [5, 5.41) is 6.26. The van der Waals surface area contributed by atoms with E-state index in [2.05, 4.69) is 15.5 Å². The highest BCUT2D eigenvalue weighted by molar-refractivity contribution is 5.72. The quantitative estimate of drug-likeness (QED) is 0.667. The molecule has 1 atom stereocenters. The average Bonchev–Trinajstić information content (AvgIpc) is 3.07. The van der Waals surface area contributed by atoms with Crippen LogP contribution in [0.5, 0.6) is 0 Å². The molecule has 0 radical (unpaired) electrons. The lowest BCUT2D eigenvalue weighted by Gasteiger charge is -2.18. The van der Waals surface area contributed by atoms with Gasteiger partial charge in [-0.15, -0.1) is 0 Å². The summed E-state index contributed by atoms with van der Waals surface area (Å²) in [7, 11) is 0. The highest BCUT2D eigenvalue weighted by Gasteiger charge is 2.21. The first-order valence-corrected chi connectivity index (χ1v) is 7.94. The van der Waals surface area contributed by atoms with Crippen molar-refractivity contribution >= 4 is 6.03 Å². The number of halogens is 3. The highest BCUT2D eigenvalue weighted by Crippen LogP contribution is 2.24. The van der Waals surface area contributed by atoms with E-state index in [1.165, 1.54) is 0 Å². The Kier molecular flexibility index (Phi) is 5.11. The number of hydrogen-bond acceptors (Lipinski definition) is 4. The molecule has 1 aromatic heterocycles. The van der Waals surface area contributed by atoms with Crippen LogP contribution < -0.4 is 11.1 Å². The van der Waals surface area contributed by atoms with Gasteiger partial charge >= 0.3 is 6.03 Å². The molecule has 2 amide bonds. The van der Waals surface area contributed by atoms with Crippen LogP contribution in [0, 0.1) is 24.4 Å². The minimum atomic E-state index is -1.58. The fourth-order valence-corrected chi connectivity index (χ4v) is 2.70. The van der Waals surface area contributed by atoms with Crippen molar-refractivity contribution in [2.75, 3.05) is 0 Å². The van der Waals surface area contributed by atoms with Crippen LogP contribution in [0.3, 0.4) is 0 Å². The Morgan fingerprint density at radius 3 is 2.52 bits per heavy atom. The third-order valence-electron chi connectivity index (χ3n) is 3.97. The van der Waals surface area contributed by atoms with E-state index in [0.29, 0.717) is 0 Å². The third-order valence-corrected chi connectivity index (χ3v) is 3.97. The van der Waals surface area contributed by atoms with E-state index in [-0.39, 0.29) is 23.7 Å². The maximum Gasteiger partial charge on any atom is 0.312 e. The summed E-state index contributed by atoms with van der Waals surface area (Å²) in [6.45, 7) is 1.87. The third kappa shape index (κ3) is 4.08. The number of nitrogens with zero attached hydrogens (tertiary/aromatic N) is 2. The average molecular weight is 376 g/mol. The van der Waals surface area contributed by atoms with Crippen LogP contribution in [0.15, 0.2) is 40.9 Å². The van der Waals surface area contributed by atoms with Gasteiger partial charge in [0.2, 0.25) is 11.7 Å². The Morgan fingerprint density at radius 1 is 1.22 bits per heavy atom. The minimum absolute atomic E-state index is 0.0725. The molecule has 3 rings (SSSR count). The van der Waals surface area contributed by atoms with Crippen LogP contribution in [0.2, 0.25) is 0 Å². The number of benzene rings is 2. The monoisotopic (exact) mass is 376 g/mol. The number of carbonyl (C=O) groups is 1. The van der Waals surface area contributed by atoms with E-state index in [0.717, 1.165) is 23.3 Å². The first-order valence-electron chi connectivity index (χ1n) is 7.94. The smallest absolute Gasteiger partial charge is 0.312 e. The summed E-state index contributed by atoms with van der Waals surface area (Å²) >= 11 is 0. The molecule has 6 nitrogen and oxygen atoms in total. The number of nitrogens with one attached hydrogen (secondary N) is 1. The molecule has 0 bridgehead atoms. The molecule has 0 aliphatic heterocycles. The van der Waals surface area contributed by atoms with E-state index < -0.39 is 29.5 Å². The van der Waals surface area contributed by atoms with Crippen molar-refractivity contribution in [2.45, 2.75) is 19.4 Å². The Morgan fingerprint density at radius 2 is 1.89 bits per heavy atom. The van der Waals surface area contributed by atoms with Gasteiger partial charge in [0.1, 0.15) is 0 Å². The van der Waals surface area contributed by atoms with E-state index in [4.69, 9.17) is 10.3 Å². The molecule has 0 saturated carbocycles. The van der Waals surface area contributed by atoms with E-state index in [1.54, 1.807) is 6.07 Å². The number of primary amides is 1. The number of amides is 2. The maximum absolute atomic E-state index is 13.4. The molecular weight excluding hydrogens is 361 g/mol. The second-order valence-electron chi connectivity index (χ2n) is 5.89. The fourth-order valence-electron chi connectivity index (χ4n) is 2.70. The predicted molar refractivity (Wildman–Crippen MR) is 90.0 cm³/mol. The van der Waals surface area contributed by atoms with Gasteiger partial charge in [0, 0.05) is 5.56 Å². The summed E-state index contributed by atoms with van der Waals surface area (Å²) in [4.78, 5) is 15.4. The number of urea groups is 1. The van der Waals surface area contributed by atoms with Gasteiger partial charge in [-0.25, -0.2) is 18.0 Å². The second kappa shape index (κ2) is 7.48. The summed E-state index contributed by atoms with van der Waals surface area (Å²) < 4.78 is 45.0. The molecule has 0 aliphatic carbocycles. The van der Waals surface area contributed by atoms with Crippen LogP contribution in [-0.4, -0.2) is 16.2 Å². The lowest BCUT2D eigenvalue weighted by atomic mass is 9.99. The van der Waals surface area contributed by atoms with Gasteiger partial charge in [-0.05, 0) is 30.2 Å². The van der Waals surface area contributed by atoms with Crippen molar-refractivity contribution in [3.05, 3.63) is 70.9 Å². The van der Waals surface area contributed by atoms with Gasteiger partial charge in [0.05, 0.1) is 12.5 Å². The van der Waals surface area contributed by atoms with Gasteiger partial charge in [-0.1, -0.05) is 29.4 Å². The molecule has 140 valence electrons. The lowest BCUT2D eigenvalue weighted by Crippen LogP contribution is -2.34. The number of rotatable bonds is 5. The van der Waals surface area contributed by atoms with Crippen LogP contribution >= 0.6 is 0 Å². The topological polar surface area (TPSA) is 94.0 Å². The standard InChI is InChI=1S/C18H15F3N4O2/c1-9-4-2-3-5-11(9)14(23-18(22)26)8-15-24-17(25-27-15)10-6-12(19)16(21)13(20)7-10/h2-7,14H,8H2,1H3,(H3,22,23,26)/t14-/m0/s1. The molecule has 0 fully saturated rings. The lowest BCUT2D eigenvalue weighted by molar-refractivity contribution is 0.244. The first-order chi connectivity index (χ1) is 12.8. The van der Waals surface area contributed by atoms with Crippen LogP contribution in [-0.2, 0) is 6.42 Å². The maximum atomic E-state index is 13.4. The molecule has 0 unspecified atom stereocenters. The van der Waals surface area contributed by atoms with E-state index in [9.17, 15) is 18.0 Å². The fraction of sp³-hybridized carbons (Fsp3) is 0.167. The molecule has 3 aromatic rings. The van der Waals surface area contributed by atoms with Crippen molar-refractivity contribution < 1.29 is 22.5 Å². The Labute approximate surface area is 152 Å².